The first-order valence-corrected chi connectivity index (χ1v) is 5.09. The van der Waals surface area contributed by atoms with E-state index in [9.17, 15) is 13.6 Å². The van der Waals surface area contributed by atoms with Gasteiger partial charge in [-0.25, -0.2) is 8.78 Å². The first-order valence-electron chi connectivity index (χ1n) is 5.09. The number of hydrogen-bond donors (Lipinski definition) is 1. The Morgan fingerprint density at radius 3 is 2.64 bits per heavy atom. The van der Waals surface area contributed by atoms with E-state index in [-0.39, 0.29) is 12.3 Å². The van der Waals surface area contributed by atoms with Crippen molar-refractivity contribution in [3.05, 3.63) is 0 Å². The second-order valence-electron chi connectivity index (χ2n) is 4.47. The zero-order valence-corrected chi connectivity index (χ0v) is 8.04. The van der Waals surface area contributed by atoms with E-state index in [0.717, 1.165) is 0 Å². The summed E-state index contributed by atoms with van der Waals surface area (Å²) in [5.41, 5.74) is 0. The average molecular weight is 204 g/mol. The first kappa shape index (κ1) is 9.87. The highest BCUT2D eigenvalue weighted by atomic mass is 19.3. The summed E-state index contributed by atoms with van der Waals surface area (Å²) in [6, 6.07) is 0. The third-order valence-electron chi connectivity index (χ3n) is 3.91. The molecule has 2 aliphatic rings. The maximum atomic E-state index is 13.4. The SMILES string of the molecule is CCC1C2CC(C(=O)O)CC2C1(F)F. The molecule has 4 unspecified atom stereocenters. The molecule has 2 aliphatic carbocycles. The lowest BCUT2D eigenvalue weighted by atomic mass is 9.62. The summed E-state index contributed by atoms with van der Waals surface area (Å²) in [4.78, 5) is 10.7. The minimum absolute atomic E-state index is 0.0453. The van der Waals surface area contributed by atoms with Crippen molar-refractivity contribution in [3.63, 3.8) is 0 Å². The van der Waals surface area contributed by atoms with Crippen molar-refractivity contribution >= 4 is 5.97 Å². The van der Waals surface area contributed by atoms with Gasteiger partial charge in [-0.15, -0.1) is 0 Å². The van der Waals surface area contributed by atoms with Crippen LogP contribution in [-0.2, 0) is 4.79 Å². The number of alkyl halides is 2. The molecule has 0 spiro atoms. The van der Waals surface area contributed by atoms with Gasteiger partial charge in [0.15, 0.2) is 0 Å². The van der Waals surface area contributed by atoms with Crippen LogP contribution >= 0.6 is 0 Å². The van der Waals surface area contributed by atoms with E-state index in [1.165, 1.54) is 0 Å². The smallest absolute Gasteiger partial charge is 0.306 e. The molecule has 1 N–H and O–H groups in total. The Kier molecular flexibility index (Phi) is 2.05. The van der Waals surface area contributed by atoms with E-state index in [4.69, 9.17) is 5.11 Å². The van der Waals surface area contributed by atoms with Gasteiger partial charge in [-0.05, 0) is 25.2 Å². The van der Waals surface area contributed by atoms with Crippen LogP contribution in [-0.4, -0.2) is 17.0 Å². The zero-order valence-electron chi connectivity index (χ0n) is 8.04. The van der Waals surface area contributed by atoms with E-state index in [0.29, 0.717) is 12.8 Å². The quantitative estimate of drug-likeness (QED) is 0.749. The highest BCUT2D eigenvalue weighted by molar-refractivity contribution is 5.70. The molecule has 0 amide bonds. The summed E-state index contributed by atoms with van der Waals surface area (Å²) in [5, 5.41) is 8.76. The van der Waals surface area contributed by atoms with E-state index < -0.39 is 29.6 Å². The van der Waals surface area contributed by atoms with E-state index in [1.807, 2.05) is 0 Å². The van der Waals surface area contributed by atoms with Gasteiger partial charge in [-0.3, -0.25) is 4.79 Å². The molecule has 0 saturated heterocycles. The number of carbonyl (C=O) groups is 1. The number of hydrogen-bond acceptors (Lipinski definition) is 1. The number of halogens is 2. The number of carboxylic acids is 1. The molecule has 0 aromatic carbocycles. The molecular weight excluding hydrogens is 190 g/mol. The minimum Gasteiger partial charge on any atom is -0.481 e. The number of fused-ring (bicyclic) bond motifs is 1. The molecule has 0 heterocycles. The summed E-state index contributed by atoms with van der Waals surface area (Å²) in [7, 11) is 0. The van der Waals surface area contributed by atoms with E-state index in [1.54, 1.807) is 6.92 Å². The predicted molar refractivity (Wildman–Crippen MR) is 46.1 cm³/mol. The lowest BCUT2D eigenvalue weighted by Gasteiger charge is -2.48. The second kappa shape index (κ2) is 2.91. The normalized spacial score (nSPS) is 44.2. The van der Waals surface area contributed by atoms with Crippen LogP contribution in [0.1, 0.15) is 26.2 Å². The van der Waals surface area contributed by atoms with Crippen molar-refractivity contribution in [2.75, 3.05) is 0 Å². The van der Waals surface area contributed by atoms with Crippen molar-refractivity contribution in [1.29, 1.82) is 0 Å². The van der Waals surface area contributed by atoms with Gasteiger partial charge in [0.05, 0.1) is 5.92 Å². The summed E-state index contributed by atoms with van der Waals surface area (Å²) in [6.07, 6.45) is 1.08. The molecule has 2 rings (SSSR count). The Balaban J connectivity index is 2.10. The van der Waals surface area contributed by atoms with Crippen molar-refractivity contribution in [1.82, 2.24) is 0 Å². The van der Waals surface area contributed by atoms with Gasteiger partial charge < -0.3 is 5.11 Å². The van der Waals surface area contributed by atoms with Gasteiger partial charge in [-0.1, -0.05) is 6.92 Å². The fourth-order valence-corrected chi connectivity index (χ4v) is 3.18. The molecule has 4 heteroatoms. The molecule has 2 fully saturated rings. The molecule has 0 radical (unpaired) electrons. The van der Waals surface area contributed by atoms with Crippen molar-refractivity contribution in [2.45, 2.75) is 32.1 Å². The van der Waals surface area contributed by atoms with Gasteiger partial charge in [0.1, 0.15) is 0 Å². The van der Waals surface area contributed by atoms with Gasteiger partial charge in [0, 0.05) is 11.8 Å². The van der Waals surface area contributed by atoms with Crippen LogP contribution in [0.15, 0.2) is 0 Å². The monoisotopic (exact) mass is 204 g/mol. The fourth-order valence-electron chi connectivity index (χ4n) is 3.18. The van der Waals surface area contributed by atoms with Crippen molar-refractivity contribution in [2.24, 2.45) is 23.7 Å². The van der Waals surface area contributed by atoms with Gasteiger partial charge >= 0.3 is 5.97 Å². The molecule has 80 valence electrons. The molecule has 0 bridgehead atoms. The lowest BCUT2D eigenvalue weighted by Crippen LogP contribution is -2.54. The van der Waals surface area contributed by atoms with Crippen LogP contribution in [0.5, 0.6) is 0 Å². The van der Waals surface area contributed by atoms with Crippen LogP contribution in [0.4, 0.5) is 8.78 Å². The summed E-state index contributed by atoms with van der Waals surface area (Å²) in [5.74, 6) is -5.33. The highest BCUT2D eigenvalue weighted by Gasteiger charge is 2.66. The van der Waals surface area contributed by atoms with E-state index in [2.05, 4.69) is 0 Å². The first-order chi connectivity index (χ1) is 6.48. The Morgan fingerprint density at radius 1 is 1.50 bits per heavy atom. The maximum absolute atomic E-state index is 13.4. The zero-order chi connectivity index (χ0) is 10.5. The molecule has 2 saturated carbocycles. The maximum Gasteiger partial charge on any atom is 0.306 e. The Morgan fingerprint density at radius 2 is 2.14 bits per heavy atom. The molecule has 0 aliphatic heterocycles. The van der Waals surface area contributed by atoms with Crippen LogP contribution in [0.3, 0.4) is 0 Å². The minimum atomic E-state index is -2.61. The van der Waals surface area contributed by atoms with Gasteiger partial charge in [-0.2, -0.15) is 0 Å². The molecule has 0 aromatic rings. The highest BCUT2D eigenvalue weighted by Crippen LogP contribution is 2.63. The molecule has 14 heavy (non-hydrogen) atoms. The number of rotatable bonds is 2. The standard InChI is InChI=1S/C10H14F2O2/c1-2-7-6-3-5(9(13)14)4-8(6)10(7,11)12/h5-8H,2-4H2,1H3,(H,13,14). The summed E-state index contributed by atoms with van der Waals surface area (Å²) >= 11 is 0. The van der Waals surface area contributed by atoms with Crippen LogP contribution in [0.25, 0.3) is 0 Å². The summed E-state index contributed by atoms with van der Waals surface area (Å²) < 4.78 is 26.8. The Hall–Kier alpha value is -0.670. The summed E-state index contributed by atoms with van der Waals surface area (Å²) in [6.45, 7) is 1.75. The van der Waals surface area contributed by atoms with Crippen molar-refractivity contribution < 1.29 is 18.7 Å². The molecular formula is C10H14F2O2. The predicted octanol–water partition coefficient (Wildman–Crippen LogP) is 2.39. The lowest BCUT2D eigenvalue weighted by molar-refractivity contribution is -0.219. The van der Waals surface area contributed by atoms with Gasteiger partial charge in [0.25, 0.3) is 5.92 Å². The van der Waals surface area contributed by atoms with Gasteiger partial charge in [0.2, 0.25) is 0 Å². The number of aliphatic carboxylic acids is 1. The molecule has 4 atom stereocenters. The molecule has 2 nitrogen and oxygen atoms in total. The largest absolute Gasteiger partial charge is 0.481 e. The average Bonchev–Trinajstić information content (AvgIpc) is 2.47. The third-order valence-corrected chi connectivity index (χ3v) is 3.91. The van der Waals surface area contributed by atoms with E-state index >= 15 is 0 Å². The van der Waals surface area contributed by atoms with Crippen molar-refractivity contribution in [3.8, 4) is 0 Å². The number of carboxylic acid groups (broad SMARTS) is 1. The fraction of sp³-hybridized carbons (Fsp3) is 0.900. The topological polar surface area (TPSA) is 37.3 Å². The Bertz CT molecular complexity index is 265. The van der Waals surface area contributed by atoms with Crippen LogP contribution < -0.4 is 0 Å². The second-order valence-corrected chi connectivity index (χ2v) is 4.47. The Labute approximate surface area is 81.3 Å². The third kappa shape index (κ3) is 1.09. The van der Waals surface area contributed by atoms with Crippen LogP contribution in [0.2, 0.25) is 0 Å². The van der Waals surface area contributed by atoms with Crippen LogP contribution in [0, 0.1) is 23.7 Å². The molecule has 0 aromatic heterocycles.